The van der Waals surface area contributed by atoms with Crippen LogP contribution in [0.1, 0.15) is 18.5 Å². The Kier molecular flexibility index (Phi) is 2.57. The van der Waals surface area contributed by atoms with E-state index in [0.29, 0.717) is 0 Å². The van der Waals surface area contributed by atoms with Crippen LogP contribution in [0.15, 0.2) is 18.3 Å². The fraction of sp³-hybridized carbons (Fsp3) is 0.444. The number of pyridine rings is 1. The minimum atomic E-state index is 0.788. The van der Waals surface area contributed by atoms with Crippen molar-refractivity contribution in [3.05, 3.63) is 29.0 Å². The fourth-order valence-corrected chi connectivity index (χ4v) is 2.18. The highest BCUT2D eigenvalue weighted by molar-refractivity contribution is 7.99. The summed E-state index contributed by atoms with van der Waals surface area (Å²) in [6.07, 6.45) is 4.53. The first kappa shape index (κ1) is 8.39. The summed E-state index contributed by atoms with van der Waals surface area (Å²) in [5, 5.41) is 1.68. The average Bonchev–Trinajstić information content (AvgIpc) is 2.84. The van der Waals surface area contributed by atoms with Gasteiger partial charge in [0.05, 0.1) is 5.69 Å². The molecule has 0 aromatic carbocycles. The van der Waals surface area contributed by atoms with E-state index >= 15 is 0 Å². The summed E-state index contributed by atoms with van der Waals surface area (Å²) in [7, 11) is 0. The molecule has 12 heavy (non-hydrogen) atoms. The second kappa shape index (κ2) is 3.67. The Morgan fingerprint density at radius 2 is 2.42 bits per heavy atom. The third kappa shape index (κ3) is 2.39. The van der Waals surface area contributed by atoms with Crippen LogP contribution in [0.3, 0.4) is 0 Å². The van der Waals surface area contributed by atoms with Crippen molar-refractivity contribution in [3.8, 4) is 0 Å². The summed E-state index contributed by atoms with van der Waals surface area (Å²) >= 11 is 7.81. The molecule has 1 nitrogen and oxygen atoms in total. The maximum Gasteiger partial charge on any atom is 0.0517 e. The van der Waals surface area contributed by atoms with E-state index in [2.05, 4.69) is 4.98 Å². The van der Waals surface area contributed by atoms with Crippen molar-refractivity contribution >= 4 is 23.4 Å². The van der Waals surface area contributed by atoms with E-state index in [-0.39, 0.29) is 0 Å². The van der Waals surface area contributed by atoms with Crippen LogP contribution in [0.5, 0.6) is 0 Å². The number of hydrogen-bond donors (Lipinski definition) is 0. The Morgan fingerprint density at radius 1 is 1.58 bits per heavy atom. The van der Waals surface area contributed by atoms with Gasteiger partial charge in [-0.3, -0.25) is 4.98 Å². The Bertz CT molecular complexity index is 273. The molecule has 1 aliphatic rings. The van der Waals surface area contributed by atoms with E-state index in [0.717, 1.165) is 21.7 Å². The lowest BCUT2D eigenvalue weighted by Gasteiger charge is -1.98. The number of hydrogen-bond acceptors (Lipinski definition) is 2. The lowest BCUT2D eigenvalue weighted by Crippen LogP contribution is -1.86. The molecule has 1 aliphatic carbocycles. The Labute approximate surface area is 81.5 Å². The first-order chi connectivity index (χ1) is 5.84. The van der Waals surface area contributed by atoms with E-state index in [1.165, 1.54) is 12.8 Å². The van der Waals surface area contributed by atoms with Crippen molar-refractivity contribution in [2.45, 2.75) is 23.8 Å². The van der Waals surface area contributed by atoms with Gasteiger partial charge in [0.2, 0.25) is 0 Å². The number of thioether (sulfide) groups is 1. The first-order valence-electron chi connectivity index (χ1n) is 4.06. The van der Waals surface area contributed by atoms with Gasteiger partial charge in [-0.05, 0) is 25.0 Å². The number of rotatable bonds is 3. The molecule has 64 valence electrons. The molecule has 0 saturated heterocycles. The average molecular weight is 200 g/mol. The molecule has 0 bridgehead atoms. The summed E-state index contributed by atoms with van der Waals surface area (Å²) in [6, 6.07) is 3.75. The van der Waals surface area contributed by atoms with Crippen molar-refractivity contribution in [1.29, 1.82) is 0 Å². The van der Waals surface area contributed by atoms with E-state index in [1.54, 1.807) is 6.20 Å². The van der Waals surface area contributed by atoms with Gasteiger partial charge in [0.1, 0.15) is 0 Å². The lowest BCUT2D eigenvalue weighted by atomic mass is 10.4. The zero-order chi connectivity index (χ0) is 8.39. The predicted octanol–water partition coefficient (Wildman–Crippen LogP) is 3.13. The summed E-state index contributed by atoms with van der Waals surface area (Å²) in [5.74, 6) is 1.01. The first-order valence-corrected chi connectivity index (χ1v) is 5.49. The van der Waals surface area contributed by atoms with Crippen molar-refractivity contribution in [2.75, 3.05) is 0 Å². The standard InChI is InChI=1S/C9H10ClNS/c10-7-3-4-11-8(5-7)6-12-9-1-2-9/h3-5,9H,1-2,6H2. The van der Waals surface area contributed by atoms with Crippen LogP contribution in [0, 0.1) is 0 Å². The van der Waals surface area contributed by atoms with Crippen molar-refractivity contribution in [3.63, 3.8) is 0 Å². The maximum atomic E-state index is 5.83. The zero-order valence-electron chi connectivity index (χ0n) is 6.66. The molecular formula is C9H10ClNS. The van der Waals surface area contributed by atoms with Gasteiger partial charge in [0, 0.05) is 22.2 Å². The van der Waals surface area contributed by atoms with Gasteiger partial charge < -0.3 is 0 Å². The molecule has 0 unspecified atom stereocenters. The third-order valence-corrected chi connectivity index (χ3v) is 3.41. The molecular weight excluding hydrogens is 190 g/mol. The van der Waals surface area contributed by atoms with Gasteiger partial charge in [0.25, 0.3) is 0 Å². The van der Waals surface area contributed by atoms with E-state index in [9.17, 15) is 0 Å². The highest BCUT2D eigenvalue weighted by atomic mass is 35.5. The summed E-state index contributed by atoms with van der Waals surface area (Å²) in [5.41, 5.74) is 1.10. The van der Waals surface area contributed by atoms with Crippen LogP contribution in [0.2, 0.25) is 5.02 Å². The minimum Gasteiger partial charge on any atom is -0.260 e. The molecule has 0 spiro atoms. The van der Waals surface area contributed by atoms with E-state index in [1.807, 2.05) is 23.9 Å². The third-order valence-electron chi connectivity index (χ3n) is 1.77. The summed E-state index contributed by atoms with van der Waals surface area (Å²) in [6.45, 7) is 0. The normalized spacial score (nSPS) is 16.4. The van der Waals surface area contributed by atoms with Crippen molar-refractivity contribution in [2.24, 2.45) is 0 Å². The molecule has 1 aromatic heterocycles. The monoisotopic (exact) mass is 199 g/mol. The minimum absolute atomic E-state index is 0.788. The van der Waals surface area contributed by atoms with Gasteiger partial charge >= 0.3 is 0 Å². The van der Waals surface area contributed by atoms with Crippen LogP contribution in [0.25, 0.3) is 0 Å². The predicted molar refractivity (Wildman–Crippen MR) is 53.6 cm³/mol. The molecule has 0 atom stereocenters. The highest BCUT2D eigenvalue weighted by Crippen LogP contribution is 2.35. The molecule has 0 amide bonds. The quantitative estimate of drug-likeness (QED) is 0.742. The molecule has 1 fully saturated rings. The number of halogens is 1. The maximum absolute atomic E-state index is 5.83. The Balaban J connectivity index is 1.92. The van der Waals surface area contributed by atoms with Crippen LogP contribution in [-0.4, -0.2) is 10.2 Å². The smallest absolute Gasteiger partial charge is 0.0517 e. The van der Waals surface area contributed by atoms with Crippen LogP contribution >= 0.6 is 23.4 Å². The second-order valence-corrected chi connectivity index (χ2v) is 4.70. The van der Waals surface area contributed by atoms with Crippen LogP contribution < -0.4 is 0 Å². The van der Waals surface area contributed by atoms with E-state index < -0.39 is 0 Å². The zero-order valence-corrected chi connectivity index (χ0v) is 8.24. The van der Waals surface area contributed by atoms with Gasteiger partial charge in [-0.2, -0.15) is 11.8 Å². The van der Waals surface area contributed by atoms with Crippen LogP contribution in [-0.2, 0) is 5.75 Å². The molecule has 1 saturated carbocycles. The molecule has 2 rings (SSSR count). The SMILES string of the molecule is Clc1ccnc(CSC2CC2)c1. The van der Waals surface area contributed by atoms with Gasteiger partial charge in [-0.15, -0.1) is 0 Å². The molecule has 3 heteroatoms. The van der Waals surface area contributed by atoms with Crippen molar-refractivity contribution < 1.29 is 0 Å². The van der Waals surface area contributed by atoms with Gasteiger partial charge in [-0.25, -0.2) is 0 Å². The van der Waals surface area contributed by atoms with Gasteiger partial charge in [0.15, 0.2) is 0 Å². The highest BCUT2D eigenvalue weighted by Gasteiger charge is 2.21. The van der Waals surface area contributed by atoms with E-state index in [4.69, 9.17) is 11.6 Å². The fourth-order valence-electron chi connectivity index (χ4n) is 0.966. The molecule has 0 aliphatic heterocycles. The topological polar surface area (TPSA) is 12.9 Å². The largest absolute Gasteiger partial charge is 0.260 e. The molecule has 1 heterocycles. The van der Waals surface area contributed by atoms with Gasteiger partial charge in [-0.1, -0.05) is 11.6 Å². The number of aromatic nitrogens is 1. The summed E-state index contributed by atoms with van der Waals surface area (Å²) in [4.78, 5) is 4.23. The number of nitrogens with zero attached hydrogens (tertiary/aromatic N) is 1. The second-order valence-electron chi connectivity index (χ2n) is 2.98. The Morgan fingerprint density at radius 3 is 3.08 bits per heavy atom. The Hall–Kier alpha value is -0.210. The lowest BCUT2D eigenvalue weighted by molar-refractivity contribution is 1.17. The van der Waals surface area contributed by atoms with Crippen molar-refractivity contribution in [1.82, 2.24) is 4.98 Å². The summed E-state index contributed by atoms with van der Waals surface area (Å²) < 4.78 is 0. The molecule has 0 N–H and O–H groups in total. The van der Waals surface area contributed by atoms with Crippen LogP contribution in [0.4, 0.5) is 0 Å². The molecule has 0 radical (unpaired) electrons. The molecule has 1 aromatic rings.